The summed E-state index contributed by atoms with van der Waals surface area (Å²) in [5, 5.41) is 22.2. The number of benzene rings is 2. The van der Waals surface area contributed by atoms with Gasteiger partial charge in [-0.05, 0) is 36.8 Å². The number of nitro benzene ring substituents is 1. The fourth-order valence-electron chi connectivity index (χ4n) is 2.31. The Kier molecular flexibility index (Phi) is 6.03. The average molecular weight is 411 g/mol. The van der Waals surface area contributed by atoms with Gasteiger partial charge in [-0.25, -0.2) is 9.78 Å². The van der Waals surface area contributed by atoms with Crippen LogP contribution in [0.3, 0.4) is 0 Å². The third-order valence-electron chi connectivity index (χ3n) is 3.61. The highest BCUT2D eigenvalue weighted by Crippen LogP contribution is 2.36. The lowest BCUT2D eigenvalue weighted by Crippen LogP contribution is -2.06. The van der Waals surface area contributed by atoms with E-state index in [1.807, 2.05) is 18.4 Å². The van der Waals surface area contributed by atoms with E-state index in [1.54, 1.807) is 24.3 Å². The summed E-state index contributed by atoms with van der Waals surface area (Å²) in [5.74, 6) is -0.674. The first-order chi connectivity index (χ1) is 13.5. The van der Waals surface area contributed by atoms with E-state index < -0.39 is 10.9 Å². The molecule has 0 atom stereocenters. The number of aryl methyl sites for hydroxylation is 1. The third-order valence-corrected chi connectivity index (χ3v) is 5.73. The van der Waals surface area contributed by atoms with Crippen LogP contribution in [0, 0.1) is 28.4 Å². The summed E-state index contributed by atoms with van der Waals surface area (Å²) in [6.07, 6.45) is 0. The summed E-state index contributed by atoms with van der Waals surface area (Å²) in [4.78, 5) is 27.9. The molecule has 1 heterocycles. The van der Waals surface area contributed by atoms with Crippen molar-refractivity contribution in [1.82, 2.24) is 4.98 Å². The van der Waals surface area contributed by atoms with Crippen LogP contribution in [-0.4, -0.2) is 15.9 Å². The molecule has 0 N–H and O–H groups in total. The first kappa shape index (κ1) is 19.5. The quantitative estimate of drug-likeness (QED) is 0.327. The number of nitrogens with zero attached hydrogens (tertiary/aromatic N) is 3. The van der Waals surface area contributed by atoms with Crippen molar-refractivity contribution in [1.29, 1.82) is 5.26 Å². The number of hydrogen-bond donors (Lipinski definition) is 0. The van der Waals surface area contributed by atoms with Crippen LogP contribution < -0.4 is 0 Å². The van der Waals surface area contributed by atoms with E-state index in [0.29, 0.717) is 20.4 Å². The molecular formula is C19H13N3O4S2. The molecule has 1 aromatic heterocycles. The van der Waals surface area contributed by atoms with Gasteiger partial charge in [0.15, 0.2) is 4.34 Å². The number of esters is 1. The molecule has 0 fully saturated rings. The highest BCUT2D eigenvalue weighted by molar-refractivity contribution is 8.01. The van der Waals surface area contributed by atoms with Crippen LogP contribution in [0.2, 0.25) is 0 Å². The van der Waals surface area contributed by atoms with Crippen LogP contribution in [0.1, 0.15) is 27.2 Å². The van der Waals surface area contributed by atoms with Crippen LogP contribution in [0.5, 0.6) is 0 Å². The lowest BCUT2D eigenvalue weighted by Gasteiger charge is -2.07. The fourth-order valence-corrected chi connectivity index (χ4v) is 4.19. The summed E-state index contributed by atoms with van der Waals surface area (Å²) in [6, 6.07) is 12.9. The minimum atomic E-state index is -0.674. The Labute approximate surface area is 168 Å². The van der Waals surface area contributed by atoms with E-state index in [2.05, 4.69) is 4.98 Å². The molecule has 0 aliphatic rings. The standard InChI is InChI=1S/C19H13N3O4S2/c1-12-11-27-19(21-12)28-17-6-5-15(8-16(17)22(24)25)18(23)26-10-14-4-2-3-13(7-14)9-20/h2-8,11H,10H2,1H3. The molecule has 0 aliphatic heterocycles. The fraction of sp³-hybridized carbons (Fsp3) is 0.105. The number of ether oxygens (including phenoxy) is 1. The number of hydrogen-bond acceptors (Lipinski definition) is 8. The van der Waals surface area contributed by atoms with Gasteiger partial charge in [0.2, 0.25) is 0 Å². The largest absolute Gasteiger partial charge is 0.457 e. The zero-order valence-electron chi connectivity index (χ0n) is 14.6. The molecule has 7 nitrogen and oxygen atoms in total. The number of rotatable bonds is 6. The van der Waals surface area contributed by atoms with E-state index in [9.17, 15) is 14.9 Å². The minimum Gasteiger partial charge on any atom is -0.457 e. The Bertz CT molecular complexity index is 1090. The molecule has 0 bridgehead atoms. The van der Waals surface area contributed by atoms with Crippen molar-refractivity contribution >= 4 is 34.8 Å². The molecule has 0 amide bonds. The molecule has 3 aromatic rings. The summed E-state index contributed by atoms with van der Waals surface area (Å²) >= 11 is 2.58. The van der Waals surface area contributed by atoms with Crippen molar-refractivity contribution in [2.75, 3.05) is 0 Å². The molecule has 2 aromatic carbocycles. The van der Waals surface area contributed by atoms with Crippen LogP contribution in [0.4, 0.5) is 5.69 Å². The normalized spacial score (nSPS) is 10.3. The molecule has 0 saturated carbocycles. The first-order valence-corrected chi connectivity index (χ1v) is 9.70. The van der Waals surface area contributed by atoms with Gasteiger partial charge < -0.3 is 4.74 Å². The number of carbonyl (C=O) groups is 1. The van der Waals surface area contributed by atoms with Gasteiger partial charge in [0.1, 0.15) is 6.61 Å². The van der Waals surface area contributed by atoms with Gasteiger partial charge in [0.25, 0.3) is 5.69 Å². The van der Waals surface area contributed by atoms with Crippen molar-refractivity contribution in [3.63, 3.8) is 0 Å². The number of carbonyl (C=O) groups excluding carboxylic acids is 1. The number of nitro groups is 1. The van der Waals surface area contributed by atoms with Gasteiger partial charge in [-0.1, -0.05) is 23.9 Å². The number of thiazole rings is 1. The van der Waals surface area contributed by atoms with Crippen molar-refractivity contribution in [3.05, 3.63) is 80.3 Å². The van der Waals surface area contributed by atoms with E-state index in [0.717, 1.165) is 5.69 Å². The molecule has 0 spiro atoms. The second kappa shape index (κ2) is 8.65. The van der Waals surface area contributed by atoms with E-state index in [1.165, 1.54) is 41.3 Å². The van der Waals surface area contributed by atoms with Crippen molar-refractivity contribution in [2.45, 2.75) is 22.8 Å². The van der Waals surface area contributed by atoms with Gasteiger partial charge in [-0.15, -0.1) is 11.3 Å². The number of aromatic nitrogens is 1. The molecule has 0 unspecified atom stereocenters. The summed E-state index contributed by atoms with van der Waals surface area (Å²) < 4.78 is 5.91. The van der Waals surface area contributed by atoms with Gasteiger partial charge in [0.05, 0.1) is 27.0 Å². The Morgan fingerprint density at radius 3 is 2.86 bits per heavy atom. The summed E-state index contributed by atoms with van der Waals surface area (Å²) in [6.45, 7) is 1.82. The van der Waals surface area contributed by atoms with Crippen LogP contribution >= 0.6 is 23.1 Å². The summed E-state index contributed by atoms with van der Waals surface area (Å²) in [5.41, 5.74) is 1.87. The van der Waals surface area contributed by atoms with E-state index >= 15 is 0 Å². The van der Waals surface area contributed by atoms with Crippen LogP contribution in [-0.2, 0) is 11.3 Å². The number of nitriles is 1. The molecule has 3 rings (SSSR count). The molecule has 0 saturated heterocycles. The van der Waals surface area contributed by atoms with E-state index in [-0.39, 0.29) is 17.9 Å². The minimum absolute atomic E-state index is 0.0307. The molecule has 0 aliphatic carbocycles. The highest BCUT2D eigenvalue weighted by Gasteiger charge is 2.20. The Morgan fingerprint density at radius 2 is 2.18 bits per heavy atom. The molecule has 28 heavy (non-hydrogen) atoms. The maximum absolute atomic E-state index is 12.3. The van der Waals surface area contributed by atoms with Crippen molar-refractivity contribution < 1.29 is 14.5 Å². The topological polar surface area (TPSA) is 106 Å². The smallest absolute Gasteiger partial charge is 0.338 e. The molecule has 0 radical (unpaired) electrons. The maximum atomic E-state index is 12.3. The zero-order chi connectivity index (χ0) is 20.1. The summed E-state index contributed by atoms with van der Waals surface area (Å²) in [7, 11) is 0. The monoisotopic (exact) mass is 411 g/mol. The van der Waals surface area contributed by atoms with Gasteiger partial charge in [0, 0.05) is 17.1 Å². The second-order valence-electron chi connectivity index (χ2n) is 5.68. The SMILES string of the molecule is Cc1csc(Sc2ccc(C(=O)OCc3cccc(C#N)c3)cc2[N+](=O)[O-])n1. The lowest BCUT2D eigenvalue weighted by molar-refractivity contribution is -0.387. The molecule has 140 valence electrons. The Morgan fingerprint density at radius 1 is 1.36 bits per heavy atom. The predicted octanol–water partition coefficient (Wildman–Crippen LogP) is 4.74. The van der Waals surface area contributed by atoms with Gasteiger partial charge >= 0.3 is 5.97 Å². The van der Waals surface area contributed by atoms with Crippen molar-refractivity contribution in [2.24, 2.45) is 0 Å². The van der Waals surface area contributed by atoms with Crippen molar-refractivity contribution in [3.8, 4) is 6.07 Å². The average Bonchev–Trinajstić information content (AvgIpc) is 3.11. The molecular weight excluding hydrogens is 398 g/mol. The van der Waals surface area contributed by atoms with Gasteiger partial charge in [-0.3, -0.25) is 10.1 Å². The van der Waals surface area contributed by atoms with E-state index in [4.69, 9.17) is 10.00 Å². The van der Waals surface area contributed by atoms with Crippen LogP contribution in [0.25, 0.3) is 0 Å². The predicted molar refractivity (Wildman–Crippen MR) is 104 cm³/mol. The first-order valence-electron chi connectivity index (χ1n) is 8.01. The second-order valence-corrected chi connectivity index (χ2v) is 7.83. The Balaban J connectivity index is 1.76. The Hall–Kier alpha value is -3.22. The third kappa shape index (κ3) is 4.73. The lowest BCUT2D eigenvalue weighted by atomic mass is 10.1. The molecule has 9 heteroatoms. The zero-order valence-corrected chi connectivity index (χ0v) is 16.3. The van der Waals surface area contributed by atoms with Crippen LogP contribution in [0.15, 0.2) is 57.1 Å². The maximum Gasteiger partial charge on any atom is 0.338 e. The van der Waals surface area contributed by atoms with Gasteiger partial charge in [-0.2, -0.15) is 5.26 Å². The highest BCUT2D eigenvalue weighted by atomic mass is 32.2.